The van der Waals surface area contributed by atoms with Crippen molar-refractivity contribution in [2.24, 2.45) is 0 Å². The summed E-state index contributed by atoms with van der Waals surface area (Å²) in [5.41, 5.74) is -0.00452. The first-order chi connectivity index (χ1) is 5.09. The minimum absolute atomic E-state index is 0.00452. The van der Waals surface area contributed by atoms with Gasteiger partial charge >= 0.3 is 5.97 Å². The molecule has 0 aromatic heterocycles. The third-order valence-corrected chi connectivity index (χ3v) is 1.57. The maximum atomic E-state index is 10.3. The van der Waals surface area contributed by atoms with Gasteiger partial charge in [0, 0.05) is 12.3 Å². The molecule has 0 aliphatic heterocycles. The molecule has 0 fully saturated rings. The fourth-order valence-corrected chi connectivity index (χ4v) is 0.679. The van der Waals surface area contributed by atoms with Gasteiger partial charge in [0.05, 0.1) is 5.57 Å². The fourth-order valence-electron chi connectivity index (χ4n) is 0.545. The third kappa shape index (κ3) is 3.88. The Balaban J connectivity index is 4.05. The molecule has 0 amide bonds. The predicted octanol–water partition coefficient (Wildman–Crippen LogP) is 1.92. The number of aliphatic hydroxyl groups excluding tert-OH is 1. The van der Waals surface area contributed by atoms with E-state index in [9.17, 15) is 4.79 Å². The lowest BCUT2D eigenvalue weighted by molar-refractivity contribution is -0.132. The number of allylic oxidation sites excluding steroid dienone is 1. The van der Waals surface area contributed by atoms with E-state index in [4.69, 9.17) is 21.8 Å². The second-order valence-corrected chi connectivity index (χ2v) is 2.55. The smallest absolute Gasteiger partial charge is 0.334 e. The van der Waals surface area contributed by atoms with E-state index in [1.165, 1.54) is 6.92 Å². The van der Waals surface area contributed by atoms with Gasteiger partial charge in [0.1, 0.15) is 5.76 Å². The van der Waals surface area contributed by atoms with Crippen molar-refractivity contribution in [1.29, 1.82) is 0 Å². The number of carboxylic acids is 1. The molecule has 0 saturated heterocycles. The zero-order valence-electron chi connectivity index (χ0n) is 6.30. The molecular formula is C7H11ClO3. The molecule has 3 nitrogen and oxygen atoms in total. The molecule has 0 saturated carbocycles. The van der Waals surface area contributed by atoms with Crippen molar-refractivity contribution in [3.05, 3.63) is 11.3 Å². The molecule has 4 heteroatoms. The zero-order chi connectivity index (χ0) is 8.85. The van der Waals surface area contributed by atoms with Crippen LogP contribution < -0.4 is 0 Å². The summed E-state index contributed by atoms with van der Waals surface area (Å²) in [5.74, 6) is -0.744. The van der Waals surface area contributed by atoms with Gasteiger partial charge in [-0.2, -0.15) is 0 Å². The number of hydrogen-bond acceptors (Lipinski definition) is 2. The van der Waals surface area contributed by atoms with Crippen molar-refractivity contribution in [3.63, 3.8) is 0 Å². The van der Waals surface area contributed by atoms with Crippen molar-refractivity contribution in [2.75, 3.05) is 5.88 Å². The molecule has 0 rings (SSSR count). The molecule has 0 bridgehead atoms. The number of aliphatic carboxylic acids is 1. The lowest BCUT2D eigenvalue weighted by Crippen LogP contribution is -2.01. The third-order valence-electron chi connectivity index (χ3n) is 1.30. The quantitative estimate of drug-likeness (QED) is 0.393. The molecule has 64 valence electrons. The van der Waals surface area contributed by atoms with Gasteiger partial charge in [-0.05, 0) is 13.3 Å². The van der Waals surface area contributed by atoms with Crippen molar-refractivity contribution < 1.29 is 15.0 Å². The van der Waals surface area contributed by atoms with E-state index < -0.39 is 5.97 Å². The normalized spacial score (nSPS) is 12.5. The van der Waals surface area contributed by atoms with Gasteiger partial charge in [0.25, 0.3) is 0 Å². The number of halogens is 1. The summed E-state index contributed by atoms with van der Waals surface area (Å²) in [7, 11) is 0. The average molecular weight is 179 g/mol. The summed E-state index contributed by atoms with van der Waals surface area (Å²) >= 11 is 5.35. The van der Waals surface area contributed by atoms with Crippen molar-refractivity contribution in [3.8, 4) is 0 Å². The summed E-state index contributed by atoms with van der Waals surface area (Å²) < 4.78 is 0. The minimum atomic E-state index is -1.09. The van der Waals surface area contributed by atoms with Crippen molar-refractivity contribution in [1.82, 2.24) is 0 Å². The van der Waals surface area contributed by atoms with Crippen LogP contribution in [0.2, 0.25) is 0 Å². The number of alkyl halides is 1. The second kappa shape index (κ2) is 5.02. The number of aliphatic hydroxyl groups is 1. The van der Waals surface area contributed by atoms with Crippen LogP contribution in [0.3, 0.4) is 0 Å². The van der Waals surface area contributed by atoms with Gasteiger partial charge < -0.3 is 10.2 Å². The van der Waals surface area contributed by atoms with Gasteiger partial charge in [-0.25, -0.2) is 4.79 Å². The van der Waals surface area contributed by atoms with Gasteiger partial charge in [0.2, 0.25) is 0 Å². The van der Waals surface area contributed by atoms with Gasteiger partial charge in [-0.3, -0.25) is 0 Å². The number of carbonyl (C=O) groups is 1. The molecule has 0 spiro atoms. The topological polar surface area (TPSA) is 57.5 Å². The molecule has 0 aliphatic carbocycles. The van der Waals surface area contributed by atoms with Gasteiger partial charge in [0.15, 0.2) is 0 Å². The van der Waals surface area contributed by atoms with Crippen LogP contribution in [0.25, 0.3) is 0 Å². The Bertz CT molecular complexity index is 175. The maximum Gasteiger partial charge on any atom is 0.334 e. The molecule has 0 aliphatic rings. The highest BCUT2D eigenvalue weighted by Gasteiger charge is 2.06. The lowest BCUT2D eigenvalue weighted by Gasteiger charge is -1.99. The highest BCUT2D eigenvalue weighted by molar-refractivity contribution is 6.17. The van der Waals surface area contributed by atoms with Crippen LogP contribution in [0.4, 0.5) is 0 Å². The van der Waals surface area contributed by atoms with E-state index in [-0.39, 0.29) is 11.3 Å². The summed E-state index contributed by atoms with van der Waals surface area (Å²) in [6, 6.07) is 0. The Kier molecular flexibility index (Phi) is 4.70. The highest BCUT2D eigenvalue weighted by atomic mass is 35.5. The molecule has 0 unspecified atom stereocenters. The maximum absolute atomic E-state index is 10.3. The number of carboxylic acid groups (broad SMARTS) is 1. The van der Waals surface area contributed by atoms with Crippen LogP contribution in [-0.2, 0) is 4.79 Å². The summed E-state index contributed by atoms with van der Waals surface area (Å²) in [4.78, 5) is 10.3. The first-order valence-electron chi connectivity index (χ1n) is 3.27. The SMILES string of the molecule is CC(C(=O)O)=C(O)CCCCl. The second-order valence-electron chi connectivity index (χ2n) is 2.17. The molecular weight excluding hydrogens is 168 g/mol. The minimum Gasteiger partial charge on any atom is -0.512 e. The Morgan fingerprint density at radius 3 is 2.36 bits per heavy atom. The Hall–Kier alpha value is -0.700. The molecule has 2 N–H and O–H groups in total. The zero-order valence-corrected chi connectivity index (χ0v) is 7.06. The van der Waals surface area contributed by atoms with Crippen LogP contribution in [-0.4, -0.2) is 22.1 Å². The molecule has 11 heavy (non-hydrogen) atoms. The van der Waals surface area contributed by atoms with Crippen molar-refractivity contribution in [2.45, 2.75) is 19.8 Å². The first kappa shape index (κ1) is 10.3. The van der Waals surface area contributed by atoms with E-state index >= 15 is 0 Å². The van der Waals surface area contributed by atoms with Crippen LogP contribution in [0, 0.1) is 0 Å². The first-order valence-corrected chi connectivity index (χ1v) is 3.81. The van der Waals surface area contributed by atoms with Crippen LogP contribution in [0.1, 0.15) is 19.8 Å². The largest absolute Gasteiger partial charge is 0.512 e. The Labute approximate surface area is 70.3 Å². The van der Waals surface area contributed by atoms with E-state index in [2.05, 4.69) is 0 Å². The van der Waals surface area contributed by atoms with Crippen LogP contribution >= 0.6 is 11.6 Å². The Morgan fingerprint density at radius 2 is 2.00 bits per heavy atom. The molecule has 0 aromatic carbocycles. The number of rotatable bonds is 4. The van der Waals surface area contributed by atoms with Gasteiger partial charge in [-0.1, -0.05) is 0 Å². The van der Waals surface area contributed by atoms with Crippen LogP contribution in [0.15, 0.2) is 11.3 Å². The summed E-state index contributed by atoms with van der Waals surface area (Å²) in [5, 5.41) is 17.5. The molecule has 0 aromatic rings. The standard InChI is InChI=1S/C7H11ClO3/c1-5(7(10)11)6(9)3-2-4-8/h9H,2-4H2,1H3,(H,10,11). The lowest BCUT2D eigenvalue weighted by atomic mass is 10.2. The van der Waals surface area contributed by atoms with E-state index in [1.54, 1.807) is 0 Å². The molecule has 0 heterocycles. The monoisotopic (exact) mass is 178 g/mol. The van der Waals surface area contributed by atoms with Crippen LogP contribution in [0.5, 0.6) is 0 Å². The molecule has 0 atom stereocenters. The highest BCUT2D eigenvalue weighted by Crippen LogP contribution is 2.08. The Morgan fingerprint density at radius 1 is 1.45 bits per heavy atom. The number of hydrogen-bond donors (Lipinski definition) is 2. The van der Waals surface area contributed by atoms with E-state index in [0.717, 1.165) is 0 Å². The summed E-state index contributed by atoms with van der Waals surface area (Å²) in [6.45, 7) is 1.37. The van der Waals surface area contributed by atoms with Gasteiger partial charge in [-0.15, -0.1) is 11.6 Å². The summed E-state index contributed by atoms with van der Waals surface area (Å²) in [6.07, 6.45) is 0.930. The van der Waals surface area contributed by atoms with E-state index in [1.807, 2.05) is 0 Å². The fraction of sp³-hybridized carbons (Fsp3) is 0.571. The predicted molar refractivity (Wildman–Crippen MR) is 42.9 cm³/mol. The average Bonchev–Trinajstić information content (AvgIpc) is 1.98. The van der Waals surface area contributed by atoms with E-state index in [0.29, 0.717) is 18.7 Å². The molecule has 0 radical (unpaired) electrons. The van der Waals surface area contributed by atoms with Crippen molar-refractivity contribution >= 4 is 17.6 Å².